The number of carbonyl (C=O) groups is 1. The van der Waals surface area contributed by atoms with Gasteiger partial charge in [0.2, 0.25) is 0 Å². The summed E-state index contributed by atoms with van der Waals surface area (Å²) in [5, 5.41) is 0.478. The lowest BCUT2D eigenvalue weighted by atomic mass is 10.1. The van der Waals surface area contributed by atoms with Crippen LogP contribution in [0, 0.1) is 5.92 Å². The fraction of sp³-hybridized carbons (Fsp3) is 0.571. The molecule has 1 amide bonds. The molecule has 1 aliphatic rings. The summed E-state index contributed by atoms with van der Waals surface area (Å²) in [5.74, 6) is 0.290. The summed E-state index contributed by atoms with van der Waals surface area (Å²) in [6.45, 7) is 3.47. The number of nitrogens with zero attached hydrogens (tertiary/aromatic N) is 3. The molecule has 0 radical (unpaired) electrons. The van der Waals surface area contributed by atoms with Gasteiger partial charge in [0.15, 0.2) is 0 Å². The van der Waals surface area contributed by atoms with E-state index in [1.807, 2.05) is 19.0 Å². The lowest BCUT2D eigenvalue weighted by molar-refractivity contribution is 0.0734. The number of halogens is 1. The normalized spacial score (nSPS) is 20.0. The van der Waals surface area contributed by atoms with Crippen LogP contribution in [0.5, 0.6) is 0 Å². The zero-order valence-electron chi connectivity index (χ0n) is 11.9. The Morgan fingerprint density at radius 3 is 3.05 bits per heavy atom. The quantitative estimate of drug-likeness (QED) is 0.846. The minimum atomic E-state index is -0.0331. The van der Waals surface area contributed by atoms with Gasteiger partial charge in [0.1, 0.15) is 0 Å². The van der Waals surface area contributed by atoms with Gasteiger partial charge in [-0.15, -0.1) is 0 Å². The Morgan fingerprint density at radius 2 is 2.35 bits per heavy atom. The molecule has 0 saturated carbocycles. The second kappa shape index (κ2) is 7.02. The molecule has 20 heavy (non-hydrogen) atoms. The molecule has 1 aromatic heterocycles. The SMILES string of the molecule is CN(C)CC1COCCN(C(=O)c2cncc(Cl)c2)C1. The van der Waals surface area contributed by atoms with Crippen LogP contribution in [-0.2, 0) is 4.74 Å². The molecule has 1 aliphatic heterocycles. The predicted molar refractivity (Wildman–Crippen MR) is 78.0 cm³/mol. The highest BCUT2D eigenvalue weighted by molar-refractivity contribution is 6.30. The van der Waals surface area contributed by atoms with Crippen molar-refractivity contribution >= 4 is 17.5 Å². The van der Waals surface area contributed by atoms with Crippen molar-refractivity contribution < 1.29 is 9.53 Å². The number of ether oxygens (including phenoxy) is 1. The van der Waals surface area contributed by atoms with Crippen molar-refractivity contribution in [3.05, 3.63) is 29.0 Å². The van der Waals surface area contributed by atoms with Gasteiger partial charge in [0.25, 0.3) is 5.91 Å². The molecule has 110 valence electrons. The van der Waals surface area contributed by atoms with Crippen LogP contribution in [0.2, 0.25) is 5.02 Å². The minimum Gasteiger partial charge on any atom is -0.379 e. The topological polar surface area (TPSA) is 45.7 Å². The smallest absolute Gasteiger partial charge is 0.255 e. The van der Waals surface area contributed by atoms with Gasteiger partial charge in [-0.2, -0.15) is 0 Å². The number of hydrogen-bond acceptors (Lipinski definition) is 4. The van der Waals surface area contributed by atoms with Crippen LogP contribution in [0.15, 0.2) is 18.5 Å². The molecular weight excluding hydrogens is 278 g/mol. The van der Waals surface area contributed by atoms with Gasteiger partial charge in [0, 0.05) is 37.9 Å². The average Bonchev–Trinajstić information content (AvgIpc) is 2.62. The predicted octanol–water partition coefficient (Wildman–Crippen LogP) is 1.39. The standard InChI is InChI=1S/C14H20ClN3O2/c1-17(2)8-11-9-18(3-4-20-10-11)14(19)12-5-13(15)7-16-6-12/h5-7,11H,3-4,8-10H2,1-2H3. The first-order valence-corrected chi connectivity index (χ1v) is 7.06. The summed E-state index contributed by atoms with van der Waals surface area (Å²) in [6, 6.07) is 1.66. The Morgan fingerprint density at radius 1 is 1.55 bits per heavy atom. The Kier molecular flexibility index (Phi) is 5.34. The van der Waals surface area contributed by atoms with Gasteiger partial charge in [-0.1, -0.05) is 11.6 Å². The second-order valence-corrected chi connectivity index (χ2v) is 5.78. The molecule has 1 aromatic rings. The maximum atomic E-state index is 12.5. The molecule has 1 unspecified atom stereocenters. The Hall–Kier alpha value is -1.17. The molecule has 1 atom stereocenters. The van der Waals surface area contributed by atoms with Gasteiger partial charge < -0.3 is 14.5 Å². The molecule has 2 heterocycles. The molecule has 0 spiro atoms. The first kappa shape index (κ1) is 15.2. The molecule has 1 fully saturated rings. The van der Waals surface area contributed by atoms with E-state index in [1.54, 1.807) is 12.3 Å². The van der Waals surface area contributed by atoms with Gasteiger partial charge in [-0.25, -0.2) is 0 Å². The van der Waals surface area contributed by atoms with Crippen LogP contribution in [0.4, 0.5) is 0 Å². The summed E-state index contributed by atoms with van der Waals surface area (Å²) >= 11 is 5.89. The Labute approximate surface area is 124 Å². The highest BCUT2D eigenvalue weighted by Crippen LogP contribution is 2.14. The van der Waals surface area contributed by atoms with Crippen molar-refractivity contribution in [1.29, 1.82) is 0 Å². The number of hydrogen-bond donors (Lipinski definition) is 0. The van der Waals surface area contributed by atoms with Crippen molar-refractivity contribution in [2.24, 2.45) is 5.92 Å². The first-order chi connectivity index (χ1) is 9.56. The summed E-state index contributed by atoms with van der Waals surface area (Å²) in [7, 11) is 4.05. The second-order valence-electron chi connectivity index (χ2n) is 5.35. The third kappa shape index (κ3) is 4.16. The van der Waals surface area contributed by atoms with Crippen LogP contribution in [0.3, 0.4) is 0 Å². The molecule has 1 saturated heterocycles. The van der Waals surface area contributed by atoms with E-state index in [2.05, 4.69) is 9.88 Å². The van der Waals surface area contributed by atoms with Gasteiger partial charge in [-0.05, 0) is 20.2 Å². The van der Waals surface area contributed by atoms with Crippen molar-refractivity contribution in [2.45, 2.75) is 0 Å². The van der Waals surface area contributed by atoms with E-state index in [9.17, 15) is 4.79 Å². The lowest BCUT2D eigenvalue weighted by Crippen LogP contribution is -2.38. The number of carbonyl (C=O) groups excluding carboxylic acids is 1. The Bertz CT molecular complexity index is 467. The third-order valence-electron chi connectivity index (χ3n) is 3.20. The van der Waals surface area contributed by atoms with E-state index >= 15 is 0 Å². The highest BCUT2D eigenvalue weighted by atomic mass is 35.5. The average molecular weight is 298 g/mol. The van der Waals surface area contributed by atoms with Crippen molar-refractivity contribution in [3.63, 3.8) is 0 Å². The zero-order valence-corrected chi connectivity index (χ0v) is 12.6. The Balaban J connectivity index is 2.07. The molecular formula is C14H20ClN3O2. The van der Waals surface area contributed by atoms with Crippen LogP contribution in [0.1, 0.15) is 10.4 Å². The molecule has 0 aromatic carbocycles. The largest absolute Gasteiger partial charge is 0.379 e. The third-order valence-corrected chi connectivity index (χ3v) is 3.41. The lowest BCUT2D eigenvalue weighted by Gasteiger charge is -2.25. The highest BCUT2D eigenvalue weighted by Gasteiger charge is 2.24. The van der Waals surface area contributed by atoms with Crippen LogP contribution < -0.4 is 0 Å². The molecule has 0 bridgehead atoms. The van der Waals surface area contributed by atoms with E-state index in [0.717, 1.165) is 6.54 Å². The molecule has 6 heteroatoms. The van der Waals surface area contributed by atoms with Crippen molar-refractivity contribution in [1.82, 2.24) is 14.8 Å². The van der Waals surface area contributed by atoms with E-state index in [0.29, 0.717) is 42.8 Å². The molecule has 2 rings (SSSR count). The number of aromatic nitrogens is 1. The van der Waals surface area contributed by atoms with Gasteiger partial charge >= 0.3 is 0 Å². The monoisotopic (exact) mass is 297 g/mol. The molecule has 5 nitrogen and oxygen atoms in total. The summed E-state index contributed by atoms with van der Waals surface area (Å²) in [6.07, 6.45) is 3.08. The number of rotatable bonds is 3. The van der Waals surface area contributed by atoms with Crippen LogP contribution >= 0.6 is 11.6 Å². The number of pyridine rings is 1. The van der Waals surface area contributed by atoms with E-state index in [1.165, 1.54) is 6.20 Å². The summed E-state index contributed by atoms with van der Waals surface area (Å²) < 4.78 is 5.59. The molecule has 0 N–H and O–H groups in total. The van der Waals surface area contributed by atoms with E-state index in [4.69, 9.17) is 16.3 Å². The fourth-order valence-electron chi connectivity index (χ4n) is 2.40. The van der Waals surface area contributed by atoms with Gasteiger partial charge in [-0.3, -0.25) is 9.78 Å². The van der Waals surface area contributed by atoms with Gasteiger partial charge in [0.05, 0.1) is 23.8 Å². The summed E-state index contributed by atoms with van der Waals surface area (Å²) in [5.41, 5.74) is 0.531. The van der Waals surface area contributed by atoms with Crippen LogP contribution in [-0.4, -0.2) is 67.6 Å². The van der Waals surface area contributed by atoms with Crippen LogP contribution in [0.25, 0.3) is 0 Å². The number of amides is 1. The molecule has 0 aliphatic carbocycles. The van der Waals surface area contributed by atoms with E-state index < -0.39 is 0 Å². The van der Waals surface area contributed by atoms with Crippen molar-refractivity contribution in [2.75, 3.05) is 46.9 Å². The maximum Gasteiger partial charge on any atom is 0.255 e. The summed E-state index contributed by atoms with van der Waals surface area (Å²) in [4.78, 5) is 20.4. The fourth-order valence-corrected chi connectivity index (χ4v) is 2.58. The van der Waals surface area contributed by atoms with Crippen molar-refractivity contribution in [3.8, 4) is 0 Å². The minimum absolute atomic E-state index is 0.0331. The zero-order chi connectivity index (χ0) is 14.5. The first-order valence-electron chi connectivity index (χ1n) is 6.68. The van der Waals surface area contributed by atoms with E-state index in [-0.39, 0.29) is 5.91 Å². The maximum absolute atomic E-state index is 12.5.